The van der Waals surface area contributed by atoms with Gasteiger partial charge in [-0.05, 0) is 74.2 Å². The molecule has 0 atom stereocenters. The van der Waals surface area contributed by atoms with Crippen molar-refractivity contribution in [3.8, 4) is 0 Å². The molecule has 32 heavy (non-hydrogen) atoms. The van der Waals surface area contributed by atoms with Crippen LogP contribution >= 0.6 is 34.8 Å². The number of aromatic nitrogens is 3. The summed E-state index contributed by atoms with van der Waals surface area (Å²) in [5.41, 5.74) is 6.10. The summed E-state index contributed by atoms with van der Waals surface area (Å²) in [7, 11) is 1.29. The Kier molecular flexibility index (Phi) is 9.50. The summed E-state index contributed by atoms with van der Waals surface area (Å²) in [5, 5.41) is 6.29. The molecule has 0 saturated carbocycles. The van der Waals surface area contributed by atoms with Gasteiger partial charge in [-0.3, -0.25) is 0 Å². The quantitative estimate of drug-likeness (QED) is 0.313. The Labute approximate surface area is 202 Å². The SMILES string of the molecule is COC(=O)c1nc(Nc2cc(C)cc(C)c2)nc(Nc2cc(C)cc(C)c2)n1.ClC(Cl)Cl. The van der Waals surface area contributed by atoms with Gasteiger partial charge >= 0.3 is 5.97 Å². The van der Waals surface area contributed by atoms with Gasteiger partial charge < -0.3 is 15.4 Å². The van der Waals surface area contributed by atoms with Crippen molar-refractivity contribution in [2.24, 2.45) is 0 Å². The molecule has 0 spiro atoms. The predicted molar refractivity (Wildman–Crippen MR) is 131 cm³/mol. The molecule has 0 radical (unpaired) electrons. The Balaban J connectivity index is 0.000000837. The molecule has 0 amide bonds. The lowest BCUT2D eigenvalue weighted by Crippen LogP contribution is -2.13. The predicted octanol–water partition coefficient (Wildman–Crippen LogP) is 6.37. The fraction of sp³-hybridized carbons (Fsp3) is 0.273. The summed E-state index contributed by atoms with van der Waals surface area (Å²) < 4.78 is 4.03. The van der Waals surface area contributed by atoms with Crippen LogP contribution < -0.4 is 10.6 Å². The highest BCUT2D eigenvalue weighted by Crippen LogP contribution is 2.21. The molecule has 0 saturated heterocycles. The van der Waals surface area contributed by atoms with Crippen molar-refractivity contribution < 1.29 is 9.53 Å². The molecule has 3 rings (SSSR count). The van der Waals surface area contributed by atoms with Crippen LogP contribution in [-0.2, 0) is 4.74 Å². The van der Waals surface area contributed by atoms with Crippen LogP contribution in [0.3, 0.4) is 0 Å². The second-order valence-electron chi connectivity index (χ2n) is 7.05. The number of aryl methyl sites for hydroxylation is 4. The molecular weight excluding hydrogens is 473 g/mol. The fourth-order valence-electron chi connectivity index (χ4n) is 3.02. The molecule has 1 aromatic heterocycles. The van der Waals surface area contributed by atoms with Gasteiger partial charge in [0.25, 0.3) is 0 Å². The monoisotopic (exact) mass is 495 g/mol. The number of esters is 1. The topological polar surface area (TPSA) is 89.0 Å². The van der Waals surface area contributed by atoms with Gasteiger partial charge in [0.15, 0.2) is 4.30 Å². The van der Waals surface area contributed by atoms with Crippen LogP contribution in [0.1, 0.15) is 32.9 Å². The number of hydrogen-bond donors (Lipinski definition) is 2. The van der Waals surface area contributed by atoms with Crippen molar-refractivity contribution in [2.45, 2.75) is 32.0 Å². The lowest BCUT2D eigenvalue weighted by molar-refractivity contribution is 0.0586. The van der Waals surface area contributed by atoms with E-state index in [4.69, 9.17) is 39.5 Å². The van der Waals surface area contributed by atoms with Crippen molar-refractivity contribution in [1.82, 2.24) is 15.0 Å². The van der Waals surface area contributed by atoms with Gasteiger partial charge in [0.1, 0.15) is 0 Å². The molecule has 10 heteroatoms. The summed E-state index contributed by atoms with van der Waals surface area (Å²) >= 11 is 14.4. The third-order valence-corrected chi connectivity index (χ3v) is 3.96. The van der Waals surface area contributed by atoms with E-state index in [1.807, 2.05) is 52.0 Å². The second kappa shape index (κ2) is 11.9. The molecule has 0 aliphatic heterocycles. The standard InChI is InChI=1S/C21H23N5O2.CHCl3/c1-12-6-13(2)9-16(8-12)22-20-24-18(19(27)28-5)25-21(26-20)23-17-10-14(3)7-15(4)11-17;2-1(3)4/h6-11H,1-5H3,(H2,22,23,24,25,26);1H. The van der Waals surface area contributed by atoms with Crippen LogP contribution in [0.25, 0.3) is 0 Å². The first-order chi connectivity index (χ1) is 15.0. The molecule has 0 bridgehead atoms. The first-order valence-electron chi connectivity index (χ1n) is 9.53. The summed E-state index contributed by atoms with van der Waals surface area (Å²) in [5.74, 6) is -0.190. The largest absolute Gasteiger partial charge is 0.463 e. The molecule has 0 fully saturated rings. The van der Waals surface area contributed by atoms with Gasteiger partial charge in [-0.2, -0.15) is 15.0 Å². The Morgan fingerprint density at radius 2 is 1.09 bits per heavy atom. The number of nitrogens with zero attached hydrogens (tertiary/aromatic N) is 3. The number of anilines is 4. The van der Waals surface area contributed by atoms with E-state index in [1.165, 1.54) is 7.11 Å². The van der Waals surface area contributed by atoms with E-state index in [9.17, 15) is 4.79 Å². The van der Waals surface area contributed by atoms with E-state index in [1.54, 1.807) is 0 Å². The van der Waals surface area contributed by atoms with Gasteiger partial charge in [0.05, 0.1) is 7.11 Å². The van der Waals surface area contributed by atoms with Crippen molar-refractivity contribution in [2.75, 3.05) is 17.7 Å². The highest BCUT2D eigenvalue weighted by atomic mass is 35.6. The normalized spacial score (nSPS) is 10.3. The van der Waals surface area contributed by atoms with Gasteiger partial charge in [-0.15, -0.1) is 0 Å². The highest BCUT2D eigenvalue weighted by molar-refractivity contribution is 6.63. The molecule has 1 heterocycles. The Hall–Kier alpha value is -2.61. The number of halogens is 3. The molecule has 0 aliphatic rings. The zero-order valence-electron chi connectivity index (χ0n) is 18.3. The average molecular weight is 497 g/mol. The van der Waals surface area contributed by atoms with Crippen LogP contribution in [0.5, 0.6) is 0 Å². The smallest absolute Gasteiger partial charge is 0.376 e. The van der Waals surface area contributed by atoms with Crippen LogP contribution in [0.15, 0.2) is 36.4 Å². The molecule has 7 nitrogen and oxygen atoms in total. The third-order valence-electron chi connectivity index (χ3n) is 3.96. The first kappa shape index (κ1) is 25.6. The van der Waals surface area contributed by atoms with Crippen LogP contribution in [0.2, 0.25) is 0 Å². The minimum absolute atomic E-state index is 0.0729. The van der Waals surface area contributed by atoms with E-state index in [-0.39, 0.29) is 17.7 Å². The number of carbonyl (C=O) groups is 1. The number of benzene rings is 2. The van der Waals surface area contributed by atoms with Crippen LogP contribution in [0, 0.1) is 27.7 Å². The van der Waals surface area contributed by atoms with Gasteiger partial charge in [0.2, 0.25) is 17.7 Å². The van der Waals surface area contributed by atoms with Gasteiger partial charge in [0, 0.05) is 11.4 Å². The average Bonchev–Trinajstić information content (AvgIpc) is 2.65. The van der Waals surface area contributed by atoms with E-state index >= 15 is 0 Å². The number of nitrogens with one attached hydrogen (secondary N) is 2. The van der Waals surface area contributed by atoms with Crippen molar-refractivity contribution in [1.29, 1.82) is 0 Å². The van der Waals surface area contributed by atoms with Crippen molar-refractivity contribution >= 4 is 64.0 Å². The summed E-state index contributed by atoms with van der Waals surface area (Å²) in [6, 6.07) is 12.1. The maximum Gasteiger partial charge on any atom is 0.376 e. The molecule has 2 N–H and O–H groups in total. The maximum atomic E-state index is 12.0. The number of alkyl halides is 3. The first-order valence-corrected chi connectivity index (χ1v) is 10.8. The number of ether oxygens (including phenoxy) is 1. The lowest BCUT2D eigenvalue weighted by Gasteiger charge is -2.11. The van der Waals surface area contributed by atoms with E-state index in [0.717, 1.165) is 33.6 Å². The zero-order valence-corrected chi connectivity index (χ0v) is 20.6. The molecule has 0 aliphatic carbocycles. The minimum Gasteiger partial charge on any atom is -0.463 e. The summed E-state index contributed by atoms with van der Waals surface area (Å²) in [6.07, 6.45) is 0. The van der Waals surface area contributed by atoms with Gasteiger partial charge in [-0.25, -0.2) is 4.79 Å². The van der Waals surface area contributed by atoms with Crippen molar-refractivity contribution in [3.63, 3.8) is 0 Å². The van der Waals surface area contributed by atoms with E-state index in [0.29, 0.717) is 0 Å². The number of hydrogen-bond acceptors (Lipinski definition) is 7. The number of rotatable bonds is 5. The zero-order chi connectivity index (χ0) is 23.8. The Bertz CT molecular complexity index is 978. The fourth-order valence-corrected chi connectivity index (χ4v) is 3.02. The molecule has 3 aromatic rings. The van der Waals surface area contributed by atoms with E-state index in [2.05, 4.69) is 37.7 Å². The number of methoxy groups -OCH3 is 1. The van der Waals surface area contributed by atoms with Crippen LogP contribution in [-0.4, -0.2) is 32.3 Å². The highest BCUT2D eigenvalue weighted by Gasteiger charge is 2.15. The Morgan fingerprint density at radius 1 is 0.750 bits per heavy atom. The third kappa shape index (κ3) is 8.49. The van der Waals surface area contributed by atoms with Gasteiger partial charge in [-0.1, -0.05) is 46.9 Å². The molecule has 2 aromatic carbocycles. The molecular formula is C22H24Cl3N5O2. The maximum absolute atomic E-state index is 12.0. The number of carbonyl (C=O) groups excluding carboxylic acids is 1. The van der Waals surface area contributed by atoms with Crippen LogP contribution in [0.4, 0.5) is 23.3 Å². The van der Waals surface area contributed by atoms with Crippen molar-refractivity contribution in [3.05, 3.63) is 64.5 Å². The summed E-state index contributed by atoms with van der Waals surface area (Å²) in [4.78, 5) is 24.8. The lowest BCUT2D eigenvalue weighted by atomic mass is 10.1. The summed E-state index contributed by atoms with van der Waals surface area (Å²) in [6.45, 7) is 8.05. The molecule has 170 valence electrons. The second-order valence-corrected chi connectivity index (χ2v) is 9.03. The minimum atomic E-state index is -0.750. The molecule has 0 unspecified atom stereocenters. The Morgan fingerprint density at radius 3 is 1.41 bits per heavy atom. The van der Waals surface area contributed by atoms with E-state index < -0.39 is 10.3 Å².